The quantitative estimate of drug-likeness (QED) is 0.719. The van der Waals surface area contributed by atoms with Crippen molar-refractivity contribution < 1.29 is 19.1 Å². The van der Waals surface area contributed by atoms with Crippen LogP contribution in [0.3, 0.4) is 0 Å². The second-order valence-corrected chi connectivity index (χ2v) is 7.25. The van der Waals surface area contributed by atoms with Gasteiger partial charge < -0.3 is 20.1 Å². The van der Waals surface area contributed by atoms with Gasteiger partial charge in [0.1, 0.15) is 11.5 Å². The normalized spacial score (nSPS) is 15.8. The standard InChI is InChI=1S/C24H24N4O4/c1-27(2)16-11-8-12-17(13-16)28-21(24(30)32-4)20(23(29)31-3)19(18(14-25)22(28)26)15-9-6-5-7-10-15/h5-13,19H,26H2,1-4H3. The molecule has 0 aliphatic carbocycles. The van der Waals surface area contributed by atoms with E-state index in [0.29, 0.717) is 11.3 Å². The van der Waals surface area contributed by atoms with Gasteiger partial charge in [0.15, 0.2) is 0 Å². The number of nitrogens with zero attached hydrogens (tertiary/aromatic N) is 3. The summed E-state index contributed by atoms with van der Waals surface area (Å²) in [6.45, 7) is 0. The van der Waals surface area contributed by atoms with E-state index in [9.17, 15) is 14.9 Å². The molecule has 8 heteroatoms. The van der Waals surface area contributed by atoms with Crippen LogP contribution < -0.4 is 15.5 Å². The Labute approximate surface area is 186 Å². The van der Waals surface area contributed by atoms with E-state index < -0.39 is 17.9 Å². The molecule has 2 aromatic rings. The number of allylic oxidation sites excluding steroid dienone is 1. The van der Waals surface area contributed by atoms with Gasteiger partial charge >= 0.3 is 11.9 Å². The maximum atomic E-state index is 13.0. The largest absolute Gasteiger partial charge is 0.466 e. The van der Waals surface area contributed by atoms with Gasteiger partial charge in [0, 0.05) is 25.5 Å². The lowest BCUT2D eigenvalue weighted by molar-refractivity contribution is -0.139. The van der Waals surface area contributed by atoms with Crippen molar-refractivity contribution >= 4 is 23.3 Å². The number of benzene rings is 2. The van der Waals surface area contributed by atoms with E-state index in [1.165, 1.54) is 19.1 Å². The van der Waals surface area contributed by atoms with Crippen LogP contribution in [0.15, 0.2) is 77.3 Å². The van der Waals surface area contributed by atoms with Crippen molar-refractivity contribution in [1.29, 1.82) is 5.26 Å². The van der Waals surface area contributed by atoms with E-state index in [1.807, 2.05) is 31.1 Å². The summed E-state index contributed by atoms with van der Waals surface area (Å²) in [6.07, 6.45) is 0. The molecule has 1 aliphatic heterocycles. The number of nitriles is 1. The molecule has 164 valence electrons. The van der Waals surface area contributed by atoms with Crippen molar-refractivity contribution in [1.82, 2.24) is 0 Å². The number of nitrogens with two attached hydrogens (primary N) is 1. The Bertz CT molecular complexity index is 1150. The van der Waals surface area contributed by atoms with E-state index in [4.69, 9.17) is 15.2 Å². The minimum atomic E-state index is -0.893. The summed E-state index contributed by atoms with van der Waals surface area (Å²) in [7, 11) is 6.18. The van der Waals surface area contributed by atoms with Crippen LogP contribution in [0.25, 0.3) is 0 Å². The first-order valence-corrected chi connectivity index (χ1v) is 9.78. The first kappa shape index (κ1) is 22.4. The summed E-state index contributed by atoms with van der Waals surface area (Å²) >= 11 is 0. The van der Waals surface area contributed by atoms with Gasteiger partial charge in [0.2, 0.25) is 0 Å². The molecule has 0 bridgehead atoms. The number of rotatable bonds is 5. The molecule has 0 aromatic heterocycles. The predicted octanol–water partition coefficient (Wildman–Crippen LogP) is 2.65. The predicted molar refractivity (Wildman–Crippen MR) is 120 cm³/mol. The van der Waals surface area contributed by atoms with Gasteiger partial charge in [-0.05, 0) is 23.8 Å². The highest BCUT2D eigenvalue weighted by molar-refractivity contribution is 6.06. The molecule has 2 aromatic carbocycles. The van der Waals surface area contributed by atoms with Crippen molar-refractivity contribution in [2.75, 3.05) is 38.1 Å². The third kappa shape index (κ3) is 3.88. The zero-order valence-corrected chi connectivity index (χ0v) is 18.3. The SMILES string of the molecule is COC(=O)C1=C(C(=O)OC)N(c2cccc(N(C)C)c2)C(N)=C(C#N)C1c1ccccc1. The molecular weight excluding hydrogens is 408 g/mol. The number of methoxy groups -OCH3 is 2. The summed E-state index contributed by atoms with van der Waals surface area (Å²) in [5.41, 5.74) is 8.44. The molecule has 1 heterocycles. The van der Waals surface area contributed by atoms with Gasteiger partial charge in [-0.2, -0.15) is 5.26 Å². The van der Waals surface area contributed by atoms with Crippen molar-refractivity contribution in [2.24, 2.45) is 5.73 Å². The molecule has 1 aliphatic rings. The van der Waals surface area contributed by atoms with Crippen LogP contribution in [0.4, 0.5) is 11.4 Å². The maximum Gasteiger partial charge on any atom is 0.355 e. The molecule has 0 fully saturated rings. The topological polar surface area (TPSA) is 109 Å². The number of hydrogen-bond acceptors (Lipinski definition) is 8. The van der Waals surface area contributed by atoms with Crippen LogP contribution in [0.2, 0.25) is 0 Å². The number of hydrogen-bond donors (Lipinski definition) is 1. The molecular formula is C24H24N4O4. The van der Waals surface area contributed by atoms with Crippen LogP contribution >= 0.6 is 0 Å². The van der Waals surface area contributed by atoms with E-state index in [0.717, 1.165) is 5.69 Å². The molecule has 0 saturated heterocycles. The van der Waals surface area contributed by atoms with Gasteiger partial charge in [-0.15, -0.1) is 0 Å². The van der Waals surface area contributed by atoms with Crippen molar-refractivity contribution in [3.63, 3.8) is 0 Å². The minimum absolute atomic E-state index is 0.0217. The first-order chi connectivity index (χ1) is 15.3. The minimum Gasteiger partial charge on any atom is -0.466 e. The molecule has 0 spiro atoms. The van der Waals surface area contributed by atoms with E-state index in [2.05, 4.69) is 6.07 Å². The number of anilines is 2. The van der Waals surface area contributed by atoms with Crippen LogP contribution in [0, 0.1) is 11.3 Å². The molecule has 2 N–H and O–H groups in total. The molecule has 32 heavy (non-hydrogen) atoms. The van der Waals surface area contributed by atoms with Gasteiger partial charge in [0.25, 0.3) is 0 Å². The van der Waals surface area contributed by atoms with E-state index in [1.54, 1.807) is 42.5 Å². The Balaban J connectivity index is 2.40. The Hall–Kier alpha value is -4.25. The molecule has 0 radical (unpaired) electrons. The summed E-state index contributed by atoms with van der Waals surface area (Å²) in [6, 6.07) is 18.2. The van der Waals surface area contributed by atoms with Crippen LogP contribution in [0.1, 0.15) is 11.5 Å². The second-order valence-electron chi connectivity index (χ2n) is 7.25. The van der Waals surface area contributed by atoms with Crippen LogP contribution in [-0.2, 0) is 19.1 Å². The van der Waals surface area contributed by atoms with Gasteiger partial charge in [-0.1, -0.05) is 36.4 Å². The molecule has 0 amide bonds. The number of ether oxygens (including phenoxy) is 2. The van der Waals surface area contributed by atoms with E-state index >= 15 is 0 Å². The fourth-order valence-electron chi connectivity index (χ4n) is 3.69. The second kappa shape index (κ2) is 9.27. The van der Waals surface area contributed by atoms with Crippen LogP contribution in [0.5, 0.6) is 0 Å². The lowest BCUT2D eigenvalue weighted by Gasteiger charge is -2.36. The zero-order chi connectivity index (χ0) is 23.4. The van der Waals surface area contributed by atoms with Gasteiger partial charge in [-0.3, -0.25) is 4.90 Å². The Morgan fingerprint density at radius 1 is 1.03 bits per heavy atom. The summed E-state index contributed by atoms with van der Waals surface area (Å²) in [5.74, 6) is -2.39. The molecule has 1 atom stereocenters. The first-order valence-electron chi connectivity index (χ1n) is 9.78. The molecule has 3 rings (SSSR count). The van der Waals surface area contributed by atoms with Gasteiger partial charge in [0.05, 0.1) is 37.4 Å². The molecule has 1 unspecified atom stereocenters. The fourth-order valence-corrected chi connectivity index (χ4v) is 3.69. The lowest BCUT2D eigenvalue weighted by Crippen LogP contribution is -2.40. The van der Waals surface area contributed by atoms with Crippen molar-refractivity contribution in [3.8, 4) is 6.07 Å². The third-order valence-electron chi connectivity index (χ3n) is 5.21. The number of carbonyl (C=O) groups is 2. The monoisotopic (exact) mass is 432 g/mol. The highest BCUT2D eigenvalue weighted by atomic mass is 16.5. The van der Waals surface area contributed by atoms with Gasteiger partial charge in [-0.25, -0.2) is 9.59 Å². The Morgan fingerprint density at radius 3 is 2.25 bits per heavy atom. The summed E-state index contributed by atoms with van der Waals surface area (Å²) in [5, 5.41) is 10.0. The van der Waals surface area contributed by atoms with Crippen molar-refractivity contribution in [3.05, 3.63) is 82.8 Å². The average molecular weight is 432 g/mol. The fraction of sp³-hybridized carbons (Fsp3) is 0.208. The smallest absolute Gasteiger partial charge is 0.355 e. The lowest BCUT2D eigenvalue weighted by atomic mass is 9.81. The Morgan fingerprint density at radius 2 is 1.69 bits per heavy atom. The van der Waals surface area contributed by atoms with E-state index in [-0.39, 0.29) is 22.7 Å². The highest BCUT2D eigenvalue weighted by Crippen LogP contribution is 2.43. The van der Waals surface area contributed by atoms with Crippen LogP contribution in [-0.4, -0.2) is 40.3 Å². The molecule has 8 nitrogen and oxygen atoms in total. The summed E-state index contributed by atoms with van der Waals surface area (Å²) < 4.78 is 10.1. The Kier molecular flexibility index (Phi) is 6.50. The third-order valence-corrected chi connectivity index (χ3v) is 5.21. The maximum absolute atomic E-state index is 13.0. The highest BCUT2D eigenvalue weighted by Gasteiger charge is 2.43. The average Bonchev–Trinajstić information content (AvgIpc) is 2.82. The number of esters is 2. The number of carbonyl (C=O) groups excluding carboxylic acids is 2. The summed E-state index contributed by atoms with van der Waals surface area (Å²) in [4.78, 5) is 29.3. The van der Waals surface area contributed by atoms with Crippen molar-refractivity contribution in [2.45, 2.75) is 5.92 Å². The zero-order valence-electron chi connectivity index (χ0n) is 18.3. The molecule has 0 saturated carbocycles.